The highest BCUT2D eigenvalue weighted by atomic mass is 127. The molecule has 0 unspecified atom stereocenters. The van der Waals surface area contributed by atoms with E-state index in [1.165, 1.54) is 17.4 Å². The molecule has 2 aliphatic rings. The quantitative estimate of drug-likeness (QED) is 0.410. The molecular formula is C12H8INO2S. The van der Waals surface area contributed by atoms with E-state index in [4.69, 9.17) is 0 Å². The number of phenols is 1. The zero-order valence-electron chi connectivity index (χ0n) is 8.61. The predicted molar refractivity (Wildman–Crippen MR) is 62.9 cm³/mol. The highest BCUT2D eigenvalue weighted by molar-refractivity contribution is 7.21. The standard InChI is InChI=1S/C12H7NO2S.HI/c14-7-1-3-9-11(5-7)16-12-6-8(15)2-4-10(12)13-9;/h1-6,14H;1H. The monoisotopic (exact) mass is 357 g/mol. The first-order chi connectivity index (χ1) is 7.72. The van der Waals surface area contributed by atoms with Crippen molar-refractivity contribution in [2.45, 2.75) is 0 Å². The fourth-order valence-corrected chi connectivity index (χ4v) is 2.70. The van der Waals surface area contributed by atoms with Crippen molar-refractivity contribution in [3.8, 4) is 16.3 Å². The summed E-state index contributed by atoms with van der Waals surface area (Å²) >= 11 is 1.49. The van der Waals surface area contributed by atoms with Gasteiger partial charge in [-0.3, -0.25) is 4.79 Å². The van der Waals surface area contributed by atoms with Crippen LogP contribution in [0.4, 0.5) is 0 Å². The molecule has 0 bridgehead atoms. The number of nitrogens with one attached hydrogen (secondary N) is 1. The minimum absolute atomic E-state index is 0. The first-order valence-corrected chi connectivity index (χ1v) is 5.63. The van der Waals surface area contributed by atoms with Gasteiger partial charge in [-0.25, -0.2) is 4.98 Å². The number of rotatable bonds is 0. The summed E-state index contributed by atoms with van der Waals surface area (Å²) in [6, 6.07) is 10.1. The van der Waals surface area contributed by atoms with E-state index in [2.05, 4.69) is 4.98 Å². The largest absolute Gasteiger partial charge is 1.00 e. The number of phenolic OH excluding ortho intramolecular Hbond substituents is 1. The van der Waals surface area contributed by atoms with Crippen LogP contribution >= 0.6 is 11.3 Å². The lowest BCUT2D eigenvalue weighted by atomic mass is 10.2. The van der Waals surface area contributed by atoms with E-state index < -0.39 is 0 Å². The molecule has 17 heavy (non-hydrogen) atoms. The Labute approximate surface area is 118 Å². The second-order valence-corrected chi connectivity index (χ2v) is 4.65. The number of hydrogen-bond donors (Lipinski definition) is 1. The number of aromatic nitrogens is 1. The molecule has 0 amide bonds. The van der Waals surface area contributed by atoms with Crippen LogP contribution in [0.1, 0.15) is 0 Å². The zero-order valence-corrected chi connectivity index (χ0v) is 11.6. The van der Waals surface area contributed by atoms with Crippen molar-refractivity contribution in [1.29, 1.82) is 0 Å². The van der Waals surface area contributed by atoms with E-state index in [1.54, 1.807) is 24.3 Å². The molecule has 0 atom stereocenters. The van der Waals surface area contributed by atoms with Crippen LogP contribution in [0.25, 0.3) is 20.8 Å². The zero-order chi connectivity index (χ0) is 11.1. The number of hydrogen-bond acceptors (Lipinski definition) is 3. The Morgan fingerprint density at radius 3 is 2.76 bits per heavy atom. The smallest absolute Gasteiger partial charge is 0.221 e. The van der Waals surface area contributed by atoms with Crippen LogP contribution < -0.4 is 34.4 Å². The summed E-state index contributed by atoms with van der Waals surface area (Å²) in [7, 11) is 0. The van der Waals surface area contributed by atoms with Crippen molar-refractivity contribution >= 4 is 21.6 Å². The third-order valence-corrected chi connectivity index (χ3v) is 3.52. The summed E-state index contributed by atoms with van der Waals surface area (Å²) in [5, 5.41) is 9.39. The van der Waals surface area contributed by atoms with Crippen molar-refractivity contribution in [1.82, 2.24) is 0 Å². The van der Waals surface area contributed by atoms with Gasteiger partial charge in [0, 0.05) is 24.3 Å². The van der Waals surface area contributed by atoms with Gasteiger partial charge in [0.2, 0.25) is 11.2 Å². The summed E-state index contributed by atoms with van der Waals surface area (Å²) in [6.45, 7) is 0. The van der Waals surface area contributed by atoms with Crippen molar-refractivity contribution in [2.24, 2.45) is 0 Å². The van der Waals surface area contributed by atoms with E-state index in [0.717, 1.165) is 20.8 Å². The molecule has 0 saturated carbocycles. The Morgan fingerprint density at radius 2 is 1.94 bits per heavy atom. The molecule has 3 nitrogen and oxygen atoms in total. The van der Waals surface area contributed by atoms with Gasteiger partial charge in [0.25, 0.3) is 0 Å². The van der Waals surface area contributed by atoms with E-state index in [9.17, 15) is 9.90 Å². The Hall–Kier alpha value is -1.21. The highest BCUT2D eigenvalue weighted by Crippen LogP contribution is 2.28. The van der Waals surface area contributed by atoms with Gasteiger partial charge in [-0.1, -0.05) is 0 Å². The van der Waals surface area contributed by atoms with Gasteiger partial charge in [0.15, 0.2) is 5.43 Å². The number of aromatic hydroxyl groups is 1. The van der Waals surface area contributed by atoms with E-state index in [1.807, 2.05) is 6.07 Å². The number of H-pyrrole nitrogens is 1. The van der Waals surface area contributed by atoms with Crippen molar-refractivity contribution in [2.75, 3.05) is 0 Å². The summed E-state index contributed by atoms with van der Waals surface area (Å²) < 4.78 is 0.929. The fraction of sp³-hybridized carbons (Fsp3) is 0. The summed E-state index contributed by atoms with van der Waals surface area (Å²) in [5.41, 5.74) is 1.88. The average Bonchev–Trinajstić information content (AvgIpc) is 2.26. The Bertz CT molecular complexity index is 710. The lowest BCUT2D eigenvalue weighted by Gasteiger charge is -1.99. The Balaban J connectivity index is 0.00000108. The summed E-state index contributed by atoms with van der Waals surface area (Å²) in [6.07, 6.45) is 0. The molecule has 1 aliphatic carbocycles. The highest BCUT2D eigenvalue weighted by Gasteiger charge is 2.13. The first kappa shape index (κ1) is 12.3. The molecule has 1 aliphatic heterocycles. The van der Waals surface area contributed by atoms with Crippen LogP contribution in [0.15, 0.2) is 41.2 Å². The maximum atomic E-state index is 11.2. The number of aromatic amines is 1. The number of benzene rings is 2. The average molecular weight is 357 g/mol. The molecule has 1 heterocycles. The number of halogens is 1. The fourth-order valence-electron chi connectivity index (χ4n) is 1.65. The second-order valence-electron chi connectivity index (χ2n) is 3.57. The van der Waals surface area contributed by atoms with E-state index in [0.29, 0.717) is 0 Å². The lowest BCUT2D eigenvalue weighted by molar-refractivity contribution is -0.330. The summed E-state index contributed by atoms with van der Waals surface area (Å²) in [5.74, 6) is 0.231. The molecule has 3 rings (SSSR count). The first-order valence-electron chi connectivity index (χ1n) is 4.81. The van der Waals surface area contributed by atoms with Gasteiger partial charge in [-0.15, -0.1) is 11.3 Å². The van der Waals surface area contributed by atoms with Crippen molar-refractivity contribution < 1.29 is 34.1 Å². The molecule has 0 fully saturated rings. The maximum absolute atomic E-state index is 11.2. The molecule has 0 saturated heterocycles. The molecule has 0 spiro atoms. The van der Waals surface area contributed by atoms with Crippen molar-refractivity contribution in [3.63, 3.8) is 0 Å². The molecule has 1 aromatic rings. The van der Waals surface area contributed by atoms with Gasteiger partial charge in [0.05, 0.1) is 0 Å². The molecule has 1 aromatic carbocycles. The predicted octanol–water partition coefficient (Wildman–Crippen LogP) is -1.11. The normalized spacial score (nSPS) is 10.4. The van der Waals surface area contributed by atoms with Gasteiger partial charge in [-0.2, -0.15) is 0 Å². The van der Waals surface area contributed by atoms with Gasteiger partial charge in [-0.05, 0) is 12.1 Å². The molecule has 0 aromatic heterocycles. The van der Waals surface area contributed by atoms with Crippen LogP contribution in [0.2, 0.25) is 0 Å². The van der Waals surface area contributed by atoms with Crippen LogP contribution in [-0.2, 0) is 0 Å². The number of fused-ring (bicyclic) bond motifs is 2. The minimum atomic E-state index is -0.00310. The second kappa shape index (κ2) is 4.58. The van der Waals surface area contributed by atoms with Crippen LogP contribution in [-0.4, -0.2) is 5.11 Å². The molecular weight excluding hydrogens is 349 g/mol. The SMILES string of the molecule is O=c1ccc2[nH+]c3ccc(O)cc3sc-2c1.[I-]. The van der Waals surface area contributed by atoms with E-state index >= 15 is 0 Å². The van der Waals surface area contributed by atoms with Gasteiger partial charge >= 0.3 is 0 Å². The van der Waals surface area contributed by atoms with Crippen LogP contribution in [0.5, 0.6) is 5.75 Å². The van der Waals surface area contributed by atoms with Gasteiger partial charge in [0.1, 0.15) is 15.3 Å². The Morgan fingerprint density at radius 1 is 1.12 bits per heavy atom. The van der Waals surface area contributed by atoms with Gasteiger partial charge < -0.3 is 29.1 Å². The maximum Gasteiger partial charge on any atom is 0.221 e. The minimum Gasteiger partial charge on any atom is -1.00 e. The van der Waals surface area contributed by atoms with E-state index in [-0.39, 0.29) is 35.2 Å². The lowest BCUT2D eigenvalue weighted by Crippen LogP contribution is -3.00. The van der Waals surface area contributed by atoms with Crippen LogP contribution in [0.3, 0.4) is 0 Å². The Kier molecular flexibility index (Phi) is 3.30. The summed E-state index contributed by atoms with van der Waals surface area (Å²) in [4.78, 5) is 15.3. The molecule has 86 valence electrons. The molecule has 0 radical (unpaired) electrons. The molecule has 5 heteroatoms. The molecule has 2 N–H and O–H groups in total. The van der Waals surface area contributed by atoms with Crippen molar-refractivity contribution in [3.05, 3.63) is 46.6 Å². The van der Waals surface area contributed by atoms with Crippen LogP contribution in [0, 0.1) is 0 Å². The third kappa shape index (κ3) is 2.25. The topological polar surface area (TPSA) is 51.4 Å². The third-order valence-electron chi connectivity index (χ3n) is 2.41.